The summed E-state index contributed by atoms with van der Waals surface area (Å²) in [4.78, 5) is -0.356. The molecule has 21 heavy (non-hydrogen) atoms. The van der Waals surface area contributed by atoms with E-state index in [1.54, 1.807) is 0 Å². The number of hydrogen-bond acceptors (Lipinski definition) is 3. The van der Waals surface area contributed by atoms with E-state index in [2.05, 4.69) is 0 Å². The Morgan fingerprint density at radius 1 is 1.10 bits per heavy atom. The molecule has 1 atom stereocenters. The topological polar surface area (TPSA) is 57.6 Å². The van der Waals surface area contributed by atoms with Gasteiger partial charge < -0.3 is 5.11 Å². The Labute approximate surface area is 122 Å². The molecule has 1 aromatic carbocycles. The summed E-state index contributed by atoms with van der Waals surface area (Å²) in [5.41, 5.74) is -0.154. The Morgan fingerprint density at radius 3 is 2.10 bits per heavy atom. The Morgan fingerprint density at radius 2 is 1.67 bits per heavy atom. The zero-order chi connectivity index (χ0) is 15.3. The van der Waals surface area contributed by atoms with Crippen LogP contribution in [0.2, 0.25) is 0 Å². The molecule has 2 fully saturated rings. The third-order valence-corrected chi connectivity index (χ3v) is 6.69. The molecule has 0 radical (unpaired) electrons. The van der Waals surface area contributed by atoms with E-state index < -0.39 is 21.7 Å². The fourth-order valence-corrected chi connectivity index (χ4v) is 4.75. The summed E-state index contributed by atoms with van der Waals surface area (Å²) in [6, 6.07) is 2.32. The van der Waals surface area contributed by atoms with Crippen LogP contribution in [0.3, 0.4) is 0 Å². The Kier molecular flexibility index (Phi) is 3.54. The minimum Gasteiger partial charge on any atom is -0.393 e. The van der Waals surface area contributed by atoms with Crippen molar-refractivity contribution in [3.8, 4) is 0 Å². The first-order chi connectivity index (χ1) is 9.83. The number of rotatable bonds is 2. The van der Waals surface area contributed by atoms with Crippen LogP contribution in [0.15, 0.2) is 23.1 Å². The highest BCUT2D eigenvalue weighted by atomic mass is 32.2. The number of hydrogen-bond donors (Lipinski definition) is 1. The molecule has 116 valence electrons. The van der Waals surface area contributed by atoms with Gasteiger partial charge in [0.1, 0.15) is 11.6 Å². The minimum absolute atomic E-state index is 0.154. The first kappa shape index (κ1) is 14.9. The molecule has 7 heteroatoms. The van der Waals surface area contributed by atoms with Gasteiger partial charge in [-0.05, 0) is 43.2 Å². The van der Waals surface area contributed by atoms with Crippen molar-refractivity contribution in [3.05, 3.63) is 29.8 Å². The van der Waals surface area contributed by atoms with Gasteiger partial charge in [-0.25, -0.2) is 17.2 Å². The fraction of sp³-hybridized carbons (Fsp3) is 0.571. The molecule has 1 aliphatic carbocycles. The third kappa shape index (κ3) is 2.47. The summed E-state index contributed by atoms with van der Waals surface area (Å²) in [5.74, 6) is -1.81. The van der Waals surface area contributed by atoms with Gasteiger partial charge in [0.25, 0.3) is 0 Å². The van der Waals surface area contributed by atoms with Gasteiger partial charge in [0.15, 0.2) is 0 Å². The summed E-state index contributed by atoms with van der Waals surface area (Å²) in [5, 5.41) is 9.83. The van der Waals surface area contributed by atoms with Crippen molar-refractivity contribution < 1.29 is 22.3 Å². The molecule has 1 saturated carbocycles. The fourth-order valence-electron chi connectivity index (χ4n) is 3.26. The molecule has 0 aromatic heterocycles. The predicted molar refractivity (Wildman–Crippen MR) is 72.0 cm³/mol. The first-order valence-electron chi connectivity index (χ1n) is 6.98. The van der Waals surface area contributed by atoms with Crippen LogP contribution in [0.1, 0.15) is 25.7 Å². The molecule has 1 aromatic rings. The minimum atomic E-state index is -3.89. The van der Waals surface area contributed by atoms with Crippen LogP contribution in [0.4, 0.5) is 8.78 Å². The lowest BCUT2D eigenvalue weighted by Crippen LogP contribution is -2.53. The molecular weight excluding hydrogens is 300 g/mol. The Hall–Kier alpha value is -1.05. The standard InChI is InChI=1S/C14H17F2NO3S/c15-10-7-11(16)9-12(8-10)21(19,20)17-5-3-14(4-6-17)2-1-13(14)18/h7-9,13,18H,1-6H2. The summed E-state index contributed by atoms with van der Waals surface area (Å²) >= 11 is 0. The number of sulfonamides is 1. The molecule has 1 saturated heterocycles. The van der Waals surface area contributed by atoms with E-state index in [0.29, 0.717) is 18.9 Å². The van der Waals surface area contributed by atoms with E-state index in [1.807, 2.05) is 0 Å². The van der Waals surface area contributed by atoms with Crippen LogP contribution in [0.25, 0.3) is 0 Å². The number of piperidine rings is 1. The van der Waals surface area contributed by atoms with E-state index in [9.17, 15) is 22.3 Å². The third-order valence-electron chi connectivity index (χ3n) is 4.81. The van der Waals surface area contributed by atoms with E-state index in [0.717, 1.165) is 25.0 Å². The summed E-state index contributed by atoms with van der Waals surface area (Å²) in [6.07, 6.45) is 2.50. The molecule has 3 rings (SSSR count). The number of nitrogens with zero attached hydrogens (tertiary/aromatic N) is 1. The maximum absolute atomic E-state index is 13.2. The number of halogens is 2. The van der Waals surface area contributed by atoms with Crippen LogP contribution in [0, 0.1) is 17.0 Å². The number of benzene rings is 1. The Bertz CT molecular complexity index is 634. The van der Waals surface area contributed by atoms with Gasteiger partial charge in [-0.3, -0.25) is 0 Å². The molecule has 1 aliphatic heterocycles. The molecule has 1 spiro atoms. The van der Waals surface area contributed by atoms with E-state index in [4.69, 9.17) is 0 Å². The van der Waals surface area contributed by atoms with Crippen molar-refractivity contribution >= 4 is 10.0 Å². The van der Waals surface area contributed by atoms with Crippen molar-refractivity contribution in [1.29, 1.82) is 0 Å². The van der Waals surface area contributed by atoms with Gasteiger partial charge in [-0.2, -0.15) is 4.31 Å². The van der Waals surface area contributed by atoms with E-state index >= 15 is 0 Å². The van der Waals surface area contributed by atoms with E-state index in [-0.39, 0.29) is 29.5 Å². The van der Waals surface area contributed by atoms with Crippen LogP contribution in [-0.4, -0.2) is 37.0 Å². The van der Waals surface area contributed by atoms with Gasteiger partial charge in [0.05, 0.1) is 11.0 Å². The first-order valence-corrected chi connectivity index (χ1v) is 8.42. The van der Waals surface area contributed by atoms with E-state index in [1.165, 1.54) is 4.31 Å². The van der Waals surface area contributed by atoms with Crippen molar-refractivity contribution in [3.63, 3.8) is 0 Å². The monoisotopic (exact) mass is 317 g/mol. The van der Waals surface area contributed by atoms with Crippen LogP contribution in [-0.2, 0) is 10.0 Å². The van der Waals surface area contributed by atoms with Crippen molar-refractivity contribution in [1.82, 2.24) is 4.31 Å². The summed E-state index contributed by atoms with van der Waals surface area (Å²) in [6.45, 7) is 0.551. The summed E-state index contributed by atoms with van der Waals surface area (Å²) < 4.78 is 52.5. The largest absolute Gasteiger partial charge is 0.393 e. The van der Waals surface area contributed by atoms with Crippen LogP contribution < -0.4 is 0 Å². The molecule has 1 N–H and O–H groups in total. The van der Waals surface area contributed by atoms with Gasteiger partial charge in [-0.1, -0.05) is 0 Å². The maximum Gasteiger partial charge on any atom is 0.243 e. The zero-order valence-corrected chi connectivity index (χ0v) is 12.2. The zero-order valence-electron chi connectivity index (χ0n) is 11.4. The smallest absolute Gasteiger partial charge is 0.243 e. The molecule has 1 heterocycles. The van der Waals surface area contributed by atoms with Crippen LogP contribution in [0.5, 0.6) is 0 Å². The SMILES string of the molecule is O=S(=O)(c1cc(F)cc(F)c1)N1CCC2(CCC2O)CC1. The van der Waals surface area contributed by atoms with Crippen molar-refractivity contribution in [2.75, 3.05) is 13.1 Å². The van der Waals surface area contributed by atoms with Crippen molar-refractivity contribution in [2.24, 2.45) is 5.41 Å². The molecular formula is C14H17F2NO3S. The predicted octanol–water partition coefficient (Wildman–Crippen LogP) is 1.89. The maximum atomic E-state index is 13.2. The van der Waals surface area contributed by atoms with Gasteiger partial charge in [0.2, 0.25) is 10.0 Å². The quantitative estimate of drug-likeness (QED) is 0.906. The van der Waals surface area contributed by atoms with Crippen LogP contribution >= 0.6 is 0 Å². The van der Waals surface area contributed by atoms with Gasteiger partial charge in [-0.15, -0.1) is 0 Å². The summed E-state index contributed by atoms with van der Waals surface area (Å²) in [7, 11) is -3.89. The highest BCUT2D eigenvalue weighted by Crippen LogP contribution is 2.49. The second kappa shape index (κ2) is 5.00. The molecule has 2 aliphatic rings. The molecule has 0 amide bonds. The molecule has 1 unspecified atom stereocenters. The lowest BCUT2D eigenvalue weighted by atomic mass is 9.61. The highest BCUT2D eigenvalue weighted by Gasteiger charge is 2.48. The second-order valence-corrected chi connectivity index (χ2v) is 7.86. The van der Waals surface area contributed by atoms with Gasteiger partial charge in [0, 0.05) is 19.2 Å². The van der Waals surface area contributed by atoms with Crippen molar-refractivity contribution in [2.45, 2.75) is 36.7 Å². The normalized spacial score (nSPS) is 25.8. The number of aliphatic hydroxyl groups excluding tert-OH is 1. The average molecular weight is 317 g/mol. The lowest BCUT2D eigenvalue weighted by Gasteiger charge is -2.51. The number of aliphatic hydroxyl groups is 1. The lowest BCUT2D eigenvalue weighted by molar-refractivity contribution is -0.0911. The molecule has 4 nitrogen and oxygen atoms in total. The van der Waals surface area contributed by atoms with Gasteiger partial charge >= 0.3 is 0 Å². The Balaban J connectivity index is 1.80. The average Bonchev–Trinajstić information content (AvgIpc) is 2.44. The highest BCUT2D eigenvalue weighted by molar-refractivity contribution is 7.89. The molecule has 0 bridgehead atoms. The second-order valence-electron chi connectivity index (χ2n) is 5.93.